The van der Waals surface area contributed by atoms with Gasteiger partial charge in [0.1, 0.15) is 35.4 Å². The van der Waals surface area contributed by atoms with E-state index >= 15 is 0 Å². The van der Waals surface area contributed by atoms with Crippen LogP contribution in [-0.2, 0) is 30.2 Å². The molecule has 0 saturated carbocycles. The summed E-state index contributed by atoms with van der Waals surface area (Å²) >= 11 is 0. The number of esters is 1. The Hall–Kier alpha value is -4.07. The summed E-state index contributed by atoms with van der Waals surface area (Å²) in [5.74, 6) is 0.214. The molecule has 14 nitrogen and oxygen atoms in total. The Morgan fingerprint density at radius 2 is 1.70 bits per heavy atom. The van der Waals surface area contributed by atoms with Gasteiger partial charge in [0.25, 0.3) is 0 Å². The number of methoxy groups -OCH3 is 1. The Morgan fingerprint density at radius 3 is 2.28 bits per heavy atom. The van der Waals surface area contributed by atoms with E-state index < -0.39 is 53.6 Å². The molecular weight excluding hydrogens is 598 g/mol. The van der Waals surface area contributed by atoms with E-state index in [0.29, 0.717) is 18.1 Å². The van der Waals surface area contributed by atoms with Crippen LogP contribution >= 0.6 is 0 Å². The Labute approximate surface area is 270 Å². The number of aliphatic imine (C=N–C) groups is 1. The lowest BCUT2D eigenvalue weighted by atomic mass is 9.90. The molecule has 4 N–H and O–H groups in total. The zero-order chi connectivity index (χ0) is 34.1. The Morgan fingerprint density at radius 1 is 1.07 bits per heavy atom. The van der Waals surface area contributed by atoms with Gasteiger partial charge < -0.3 is 40.1 Å². The molecule has 2 aliphatic heterocycles. The summed E-state index contributed by atoms with van der Waals surface area (Å²) in [5.41, 5.74) is 5.62. The number of carbonyl (C=O) groups is 4. The second-order valence-corrected chi connectivity index (χ2v) is 13.5. The van der Waals surface area contributed by atoms with Gasteiger partial charge in [0.05, 0.1) is 19.7 Å². The lowest BCUT2D eigenvalue weighted by Crippen LogP contribution is -2.48. The van der Waals surface area contributed by atoms with E-state index in [2.05, 4.69) is 15.6 Å². The highest BCUT2D eigenvalue weighted by Crippen LogP contribution is 2.25. The van der Waals surface area contributed by atoms with Crippen LogP contribution in [0.5, 0.6) is 5.75 Å². The number of piperidine rings is 1. The molecule has 1 aromatic rings. The van der Waals surface area contributed by atoms with Gasteiger partial charge in [-0.3, -0.25) is 4.90 Å². The average Bonchev–Trinajstić information content (AvgIpc) is 3.32. The number of amidine groups is 1. The minimum absolute atomic E-state index is 0.00769. The third kappa shape index (κ3) is 12.0. The second-order valence-electron chi connectivity index (χ2n) is 13.5. The van der Waals surface area contributed by atoms with Crippen LogP contribution in [0.3, 0.4) is 0 Å². The van der Waals surface area contributed by atoms with Crippen LogP contribution < -0.4 is 21.1 Å². The summed E-state index contributed by atoms with van der Waals surface area (Å²) in [5, 5.41) is 5.88. The van der Waals surface area contributed by atoms with Crippen molar-refractivity contribution in [2.45, 2.75) is 96.6 Å². The molecule has 2 fully saturated rings. The van der Waals surface area contributed by atoms with Crippen molar-refractivity contribution in [3.63, 3.8) is 0 Å². The first-order valence-corrected chi connectivity index (χ1v) is 15.6. The number of nitrogens with zero attached hydrogens (tertiary/aromatic N) is 2. The quantitative estimate of drug-likeness (QED) is 0.138. The Kier molecular flexibility index (Phi) is 12.6. The predicted molar refractivity (Wildman–Crippen MR) is 170 cm³/mol. The van der Waals surface area contributed by atoms with E-state index in [-0.39, 0.29) is 25.4 Å². The van der Waals surface area contributed by atoms with Crippen LogP contribution in [0, 0.1) is 5.92 Å². The maximum atomic E-state index is 13.0. The fourth-order valence-corrected chi connectivity index (χ4v) is 5.12. The number of alkyl carbamates (subject to hydrolysis) is 1. The number of hydrogen-bond donors (Lipinski definition) is 3. The summed E-state index contributed by atoms with van der Waals surface area (Å²) in [7, 11) is 1.25. The number of nitrogens with one attached hydrogen (secondary N) is 2. The number of amides is 3. The lowest BCUT2D eigenvalue weighted by molar-refractivity contribution is -0.143. The normalized spacial score (nSPS) is 19.1. The van der Waals surface area contributed by atoms with Crippen molar-refractivity contribution < 1.29 is 42.9 Å². The topological polar surface area (TPSA) is 180 Å². The van der Waals surface area contributed by atoms with Crippen LogP contribution in [-0.4, -0.2) is 97.7 Å². The molecule has 0 spiro atoms. The summed E-state index contributed by atoms with van der Waals surface area (Å²) in [4.78, 5) is 55.4. The van der Waals surface area contributed by atoms with Crippen molar-refractivity contribution in [2.75, 3.05) is 33.4 Å². The van der Waals surface area contributed by atoms with E-state index in [1.54, 1.807) is 65.8 Å². The van der Waals surface area contributed by atoms with Gasteiger partial charge in [-0.1, -0.05) is 12.1 Å². The van der Waals surface area contributed by atoms with Gasteiger partial charge in [-0.15, -0.1) is 0 Å². The number of nitrogens with two attached hydrogens (primary N) is 1. The van der Waals surface area contributed by atoms with Crippen molar-refractivity contribution in [3.05, 3.63) is 29.8 Å². The largest absolute Gasteiger partial charge is 0.490 e. The fraction of sp³-hybridized carbons (Fsp3) is 0.656. The summed E-state index contributed by atoms with van der Waals surface area (Å²) in [6, 6.07) is 5.38. The molecule has 3 amide bonds. The molecule has 2 aliphatic rings. The van der Waals surface area contributed by atoms with Gasteiger partial charge in [-0.25, -0.2) is 19.2 Å². The molecule has 0 radical (unpaired) electrons. The molecule has 0 aromatic heterocycles. The molecule has 3 rings (SSSR count). The van der Waals surface area contributed by atoms with Gasteiger partial charge in [-0.05, 0) is 97.5 Å². The highest BCUT2D eigenvalue weighted by Gasteiger charge is 2.39. The Balaban J connectivity index is 1.62. The van der Waals surface area contributed by atoms with E-state index in [0.717, 1.165) is 31.5 Å². The first kappa shape index (κ1) is 36.4. The van der Waals surface area contributed by atoms with Crippen molar-refractivity contribution >= 4 is 30.1 Å². The molecule has 0 bridgehead atoms. The van der Waals surface area contributed by atoms with Crippen LogP contribution in [0.4, 0.5) is 14.4 Å². The summed E-state index contributed by atoms with van der Waals surface area (Å²) in [6.45, 7) is 12.4. The van der Waals surface area contributed by atoms with Gasteiger partial charge in [0, 0.05) is 6.42 Å². The maximum Gasteiger partial charge on any atom is 0.435 e. The first-order chi connectivity index (χ1) is 21.5. The third-order valence-electron chi connectivity index (χ3n) is 7.22. The summed E-state index contributed by atoms with van der Waals surface area (Å²) in [6.07, 6.45) is -0.132. The molecule has 0 aliphatic carbocycles. The van der Waals surface area contributed by atoms with Crippen LogP contribution in [0.2, 0.25) is 0 Å². The smallest absolute Gasteiger partial charge is 0.435 e. The minimum Gasteiger partial charge on any atom is -0.490 e. The average molecular weight is 648 g/mol. The van der Waals surface area contributed by atoms with Crippen molar-refractivity contribution in [1.29, 1.82) is 0 Å². The molecule has 14 heteroatoms. The van der Waals surface area contributed by atoms with Gasteiger partial charge >= 0.3 is 24.2 Å². The molecule has 3 unspecified atom stereocenters. The van der Waals surface area contributed by atoms with Crippen molar-refractivity contribution in [1.82, 2.24) is 15.5 Å². The maximum absolute atomic E-state index is 13.0. The van der Waals surface area contributed by atoms with Crippen LogP contribution in [0.15, 0.2) is 29.3 Å². The number of rotatable bonds is 11. The molecule has 256 valence electrons. The summed E-state index contributed by atoms with van der Waals surface area (Å²) < 4.78 is 26.9. The standard InChI is InChI=1S/C32H49N5O9/c1-31(2,3)45-28(39)35-24(27(38)42-7)16-20-8-10-22(11-9-20)43-19-23-18-37(30(41)44-23)25(17-21-12-14-34-15-13-21)26(33)36-29(40)46-32(4,5)6/h8-11,21,23-25,34H,12-19H2,1-7H3,(H,35,39)(H2,33,36,40). The molecule has 1 aromatic carbocycles. The van der Waals surface area contributed by atoms with Gasteiger partial charge in [0.15, 0.2) is 6.10 Å². The van der Waals surface area contributed by atoms with E-state index in [1.165, 1.54) is 12.0 Å². The number of cyclic esters (lactones) is 1. The minimum atomic E-state index is -0.945. The fourth-order valence-electron chi connectivity index (χ4n) is 5.12. The van der Waals surface area contributed by atoms with Crippen LogP contribution in [0.25, 0.3) is 0 Å². The second kappa shape index (κ2) is 16.0. The van der Waals surface area contributed by atoms with E-state index in [4.69, 9.17) is 29.4 Å². The number of hydrogen-bond acceptors (Lipinski definition) is 10. The Bertz CT molecular complexity index is 1230. The molecule has 2 heterocycles. The highest BCUT2D eigenvalue weighted by molar-refractivity contribution is 5.96. The van der Waals surface area contributed by atoms with Crippen molar-refractivity contribution in [3.8, 4) is 5.75 Å². The monoisotopic (exact) mass is 647 g/mol. The number of ether oxygens (including phenoxy) is 5. The molecule has 46 heavy (non-hydrogen) atoms. The zero-order valence-corrected chi connectivity index (χ0v) is 27.9. The lowest BCUT2D eigenvalue weighted by Gasteiger charge is -2.31. The SMILES string of the molecule is COC(=O)C(Cc1ccc(OCC2CN(C(CC3CCNCC3)C(N)=NC(=O)OC(C)(C)C)C(=O)O2)cc1)NC(=O)OC(C)(C)C. The molecular formula is C32H49N5O9. The predicted octanol–water partition coefficient (Wildman–Crippen LogP) is 3.55. The van der Waals surface area contributed by atoms with Crippen LogP contribution in [0.1, 0.15) is 66.4 Å². The first-order valence-electron chi connectivity index (χ1n) is 15.6. The van der Waals surface area contributed by atoms with Gasteiger partial charge in [-0.2, -0.15) is 4.99 Å². The van der Waals surface area contributed by atoms with Gasteiger partial charge in [0.2, 0.25) is 0 Å². The molecule has 3 atom stereocenters. The van der Waals surface area contributed by atoms with E-state index in [1.807, 2.05) is 0 Å². The van der Waals surface area contributed by atoms with Crippen molar-refractivity contribution in [2.24, 2.45) is 16.6 Å². The highest BCUT2D eigenvalue weighted by atomic mass is 16.6. The number of benzene rings is 1. The number of carbonyl (C=O) groups excluding carboxylic acids is 4. The third-order valence-corrected chi connectivity index (χ3v) is 7.22. The van der Waals surface area contributed by atoms with E-state index in [9.17, 15) is 19.2 Å². The zero-order valence-electron chi connectivity index (χ0n) is 27.9. The molecule has 2 saturated heterocycles.